The first kappa shape index (κ1) is 29.0. The van der Waals surface area contributed by atoms with Gasteiger partial charge in [0.2, 0.25) is 0 Å². The standard InChI is InChI=1S/C28H30ClF3N6O3/c1-14-8-22-19(13-36(14)24(39)17-6-7-21(29)20(9-17)28(30,31)32)23-25(40)37(12-15(2)38(23)35-22)16(3)18-10-33-26(34-11-18)27(4,5)41/h6-7,9-11,14-16,41H,8,12-13H2,1-5H3/t14-,15-,16-/m1/s1. The van der Waals surface area contributed by atoms with Crippen LogP contribution in [0, 0.1) is 0 Å². The van der Waals surface area contributed by atoms with Crippen LogP contribution in [-0.2, 0) is 24.7 Å². The Morgan fingerprint density at radius 3 is 2.41 bits per heavy atom. The van der Waals surface area contributed by atoms with E-state index in [1.807, 2.05) is 13.8 Å². The fourth-order valence-electron chi connectivity index (χ4n) is 5.39. The number of aromatic nitrogens is 4. The number of alkyl halides is 3. The highest BCUT2D eigenvalue weighted by molar-refractivity contribution is 6.31. The van der Waals surface area contributed by atoms with E-state index < -0.39 is 34.3 Å². The van der Waals surface area contributed by atoms with Crippen molar-refractivity contribution in [1.29, 1.82) is 0 Å². The zero-order valence-corrected chi connectivity index (χ0v) is 24.0. The van der Waals surface area contributed by atoms with E-state index in [0.29, 0.717) is 35.5 Å². The summed E-state index contributed by atoms with van der Waals surface area (Å²) < 4.78 is 42.0. The number of rotatable bonds is 4. The molecular weight excluding hydrogens is 561 g/mol. The molecule has 2 aliphatic heterocycles. The molecule has 2 aromatic heterocycles. The van der Waals surface area contributed by atoms with Gasteiger partial charge in [0.15, 0.2) is 5.82 Å². The van der Waals surface area contributed by atoms with Crippen LogP contribution in [0.25, 0.3) is 0 Å². The average molecular weight is 591 g/mol. The van der Waals surface area contributed by atoms with E-state index in [1.54, 1.807) is 42.7 Å². The number of benzene rings is 1. The maximum Gasteiger partial charge on any atom is 0.417 e. The quantitative estimate of drug-likeness (QED) is 0.462. The summed E-state index contributed by atoms with van der Waals surface area (Å²) in [6, 6.07) is 2.19. The minimum absolute atomic E-state index is 0.0265. The van der Waals surface area contributed by atoms with E-state index in [1.165, 1.54) is 11.0 Å². The molecular formula is C28H30ClF3N6O3. The molecule has 5 rings (SSSR count). The molecule has 0 aliphatic carbocycles. The van der Waals surface area contributed by atoms with Crippen LogP contribution in [0.1, 0.15) is 95.8 Å². The van der Waals surface area contributed by atoms with Crippen molar-refractivity contribution in [2.24, 2.45) is 0 Å². The van der Waals surface area contributed by atoms with Crippen LogP contribution in [0.4, 0.5) is 13.2 Å². The number of aliphatic hydroxyl groups is 1. The summed E-state index contributed by atoms with van der Waals surface area (Å²) in [6.07, 6.45) is -1.17. The molecule has 2 aliphatic rings. The molecule has 13 heteroatoms. The van der Waals surface area contributed by atoms with E-state index in [4.69, 9.17) is 16.7 Å². The Balaban J connectivity index is 1.45. The summed E-state index contributed by atoms with van der Waals surface area (Å²) in [5.74, 6) is -0.597. The number of amides is 2. The Hall–Kier alpha value is -3.51. The summed E-state index contributed by atoms with van der Waals surface area (Å²) in [5, 5.41) is 14.4. The predicted octanol–water partition coefficient (Wildman–Crippen LogP) is 4.94. The first-order valence-corrected chi connectivity index (χ1v) is 13.6. The van der Waals surface area contributed by atoms with Gasteiger partial charge in [0.05, 0.1) is 34.9 Å². The summed E-state index contributed by atoms with van der Waals surface area (Å²) in [4.78, 5) is 39.1. The van der Waals surface area contributed by atoms with Crippen molar-refractivity contribution in [2.45, 2.75) is 77.5 Å². The summed E-state index contributed by atoms with van der Waals surface area (Å²) >= 11 is 5.76. The van der Waals surface area contributed by atoms with Crippen molar-refractivity contribution >= 4 is 23.4 Å². The van der Waals surface area contributed by atoms with Gasteiger partial charge in [-0.1, -0.05) is 11.6 Å². The number of nitrogens with zero attached hydrogens (tertiary/aromatic N) is 6. The van der Waals surface area contributed by atoms with Crippen LogP contribution < -0.4 is 0 Å². The third kappa shape index (κ3) is 5.19. The van der Waals surface area contributed by atoms with E-state index in [9.17, 15) is 27.9 Å². The second-order valence-corrected chi connectivity index (χ2v) is 11.7. The Bertz CT molecular complexity index is 1520. The van der Waals surface area contributed by atoms with Gasteiger partial charge in [0.1, 0.15) is 11.3 Å². The highest BCUT2D eigenvalue weighted by Crippen LogP contribution is 2.37. The van der Waals surface area contributed by atoms with Gasteiger partial charge >= 0.3 is 6.18 Å². The first-order chi connectivity index (χ1) is 19.1. The first-order valence-electron chi connectivity index (χ1n) is 13.2. The lowest BCUT2D eigenvalue weighted by Crippen LogP contribution is -2.45. The van der Waals surface area contributed by atoms with Gasteiger partial charge in [-0.2, -0.15) is 18.3 Å². The summed E-state index contributed by atoms with van der Waals surface area (Å²) in [7, 11) is 0. The fourth-order valence-corrected chi connectivity index (χ4v) is 5.61. The lowest BCUT2D eigenvalue weighted by atomic mass is 9.96. The van der Waals surface area contributed by atoms with Crippen LogP contribution >= 0.6 is 11.6 Å². The summed E-state index contributed by atoms with van der Waals surface area (Å²) in [6.45, 7) is 9.19. The Morgan fingerprint density at radius 1 is 1.15 bits per heavy atom. The molecule has 0 saturated carbocycles. The molecule has 0 saturated heterocycles. The molecule has 3 atom stereocenters. The predicted molar refractivity (Wildman–Crippen MR) is 143 cm³/mol. The average Bonchev–Trinajstić information content (AvgIpc) is 3.27. The summed E-state index contributed by atoms with van der Waals surface area (Å²) in [5.41, 5.74) is -0.0942. The molecule has 0 fully saturated rings. The highest BCUT2D eigenvalue weighted by atomic mass is 35.5. The van der Waals surface area contributed by atoms with Gasteiger partial charge < -0.3 is 14.9 Å². The smallest absolute Gasteiger partial charge is 0.382 e. The topological polar surface area (TPSA) is 104 Å². The number of fused-ring (bicyclic) bond motifs is 3. The van der Waals surface area contributed by atoms with Crippen molar-refractivity contribution in [3.8, 4) is 0 Å². The maximum absolute atomic E-state index is 13.9. The van der Waals surface area contributed by atoms with Gasteiger partial charge in [0.25, 0.3) is 11.8 Å². The third-order valence-corrected chi connectivity index (χ3v) is 8.06. The fraction of sp³-hybridized carbons (Fsp3) is 0.464. The van der Waals surface area contributed by atoms with Crippen LogP contribution in [-0.4, -0.2) is 59.1 Å². The molecule has 218 valence electrons. The molecule has 41 heavy (non-hydrogen) atoms. The molecule has 0 unspecified atom stereocenters. The molecule has 0 bridgehead atoms. The largest absolute Gasteiger partial charge is 0.417 e. The minimum Gasteiger partial charge on any atom is -0.382 e. The number of hydrogen-bond donors (Lipinski definition) is 1. The Labute approximate surface area is 239 Å². The van der Waals surface area contributed by atoms with E-state index in [2.05, 4.69) is 9.97 Å². The van der Waals surface area contributed by atoms with Crippen molar-refractivity contribution in [1.82, 2.24) is 29.5 Å². The van der Waals surface area contributed by atoms with E-state index in [-0.39, 0.29) is 35.9 Å². The van der Waals surface area contributed by atoms with E-state index in [0.717, 1.165) is 12.1 Å². The number of carbonyl (C=O) groups excluding carboxylic acids is 2. The van der Waals surface area contributed by atoms with Crippen molar-refractivity contribution < 1.29 is 27.9 Å². The molecule has 4 heterocycles. The number of carbonyl (C=O) groups is 2. The zero-order chi connectivity index (χ0) is 30.0. The highest BCUT2D eigenvalue weighted by Gasteiger charge is 2.41. The SMILES string of the molecule is C[C@@H]1Cc2nn3c(c2CN1C(=O)c1ccc(Cl)c(C(F)(F)F)c1)C(=O)N([C@H](C)c1cnc(C(C)(C)O)nc1)C[C@H]3C. The van der Waals surface area contributed by atoms with Crippen LogP contribution in [0.3, 0.4) is 0 Å². The molecule has 3 aromatic rings. The maximum atomic E-state index is 13.9. The third-order valence-electron chi connectivity index (χ3n) is 7.73. The minimum atomic E-state index is -4.71. The van der Waals surface area contributed by atoms with Gasteiger partial charge in [-0.05, 0) is 52.8 Å². The molecule has 2 amide bonds. The van der Waals surface area contributed by atoms with Gasteiger partial charge in [-0.25, -0.2) is 9.97 Å². The molecule has 0 radical (unpaired) electrons. The monoisotopic (exact) mass is 590 g/mol. The van der Waals surface area contributed by atoms with Gasteiger partial charge in [-0.15, -0.1) is 0 Å². The second kappa shape index (κ2) is 10.1. The van der Waals surface area contributed by atoms with Gasteiger partial charge in [0, 0.05) is 48.1 Å². The zero-order valence-electron chi connectivity index (χ0n) is 23.2. The lowest BCUT2D eigenvalue weighted by molar-refractivity contribution is -0.137. The van der Waals surface area contributed by atoms with Crippen molar-refractivity contribution in [3.63, 3.8) is 0 Å². The molecule has 1 aromatic carbocycles. The number of halogens is 4. The Kier molecular flexibility index (Phi) is 7.14. The van der Waals surface area contributed by atoms with Gasteiger partial charge in [-0.3, -0.25) is 14.3 Å². The Morgan fingerprint density at radius 2 is 1.80 bits per heavy atom. The van der Waals surface area contributed by atoms with Crippen molar-refractivity contribution in [3.05, 3.63) is 75.1 Å². The number of hydrogen-bond acceptors (Lipinski definition) is 6. The van der Waals surface area contributed by atoms with Crippen LogP contribution in [0.5, 0.6) is 0 Å². The van der Waals surface area contributed by atoms with Crippen molar-refractivity contribution in [2.75, 3.05) is 6.54 Å². The second-order valence-electron chi connectivity index (χ2n) is 11.3. The van der Waals surface area contributed by atoms with E-state index >= 15 is 0 Å². The molecule has 9 nitrogen and oxygen atoms in total. The normalized spacial score (nSPS) is 20.1. The molecule has 0 spiro atoms. The van der Waals surface area contributed by atoms with Crippen LogP contribution in [0.15, 0.2) is 30.6 Å². The molecule has 1 N–H and O–H groups in total. The van der Waals surface area contributed by atoms with Crippen LogP contribution in [0.2, 0.25) is 5.02 Å². The lowest BCUT2D eigenvalue weighted by Gasteiger charge is -2.37.